The second kappa shape index (κ2) is 18.1. The van der Waals surface area contributed by atoms with E-state index in [0.29, 0.717) is 19.0 Å². The van der Waals surface area contributed by atoms with Crippen LogP contribution in [-0.2, 0) is 9.53 Å². The van der Waals surface area contributed by atoms with Crippen molar-refractivity contribution in [3.63, 3.8) is 0 Å². The number of aliphatic hydroxyl groups excluding tert-OH is 1. The molecular weight excluding hydrogens is 509 g/mol. The van der Waals surface area contributed by atoms with Crippen molar-refractivity contribution in [2.24, 2.45) is 4.99 Å². The normalized spacial score (nSPS) is 12.1. The first-order valence-electron chi connectivity index (χ1n) is 11.1. The van der Waals surface area contributed by atoms with E-state index in [-0.39, 0.29) is 42.6 Å². The number of ether oxygens (including phenoxy) is 2. The van der Waals surface area contributed by atoms with Crippen LogP contribution in [0.25, 0.3) is 0 Å². The number of nitrogens with one attached hydrogen (secondary N) is 2. The summed E-state index contributed by atoms with van der Waals surface area (Å²) in [6, 6.07) is 7.50. The standard InChI is InChI=1S/C23H39N3O4.HI/c1-5-24-23(25-15-10-8-7-9-14-22(28)29-6-2)26-17-21(27)19-12-11-13-20(16-19)30-18(3)4;/h11-13,16,18,21,27H,5-10,14-15,17H2,1-4H3,(H2,24,25,26);1H. The summed E-state index contributed by atoms with van der Waals surface area (Å²) in [5.74, 6) is 1.33. The molecule has 1 aromatic carbocycles. The third kappa shape index (κ3) is 14.2. The number of aliphatic hydroxyl groups is 1. The highest BCUT2D eigenvalue weighted by Crippen LogP contribution is 2.20. The van der Waals surface area contributed by atoms with E-state index in [0.717, 1.165) is 50.1 Å². The second-order valence-corrected chi connectivity index (χ2v) is 7.37. The Morgan fingerprint density at radius 2 is 1.87 bits per heavy atom. The van der Waals surface area contributed by atoms with Gasteiger partial charge in [0, 0.05) is 19.5 Å². The van der Waals surface area contributed by atoms with Gasteiger partial charge in [0.05, 0.1) is 25.4 Å². The number of hydrogen-bond acceptors (Lipinski definition) is 5. The third-order valence-electron chi connectivity index (χ3n) is 4.29. The van der Waals surface area contributed by atoms with E-state index >= 15 is 0 Å². The number of carbonyl (C=O) groups excluding carboxylic acids is 1. The zero-order chi connectivity index (χ0) is 22.2. The molecular formula is C23H40IN3O4. The predicted molar refractivity (Wildman–Crippen MR) is 136 cm³/mol. The molecule has 1 aromatic rings. The lowest BCUT2D eigenvalue weighted by molar-refractivity contribution is -0.143. The Hall–Kier alpha value is -1.55. The van der Waals surface area contributed by atoms with E-state index in [1.54, 1.807) is 0 Å². The topological polar surface area (TPSA) is 92.2 Å². The molecule has 0 aliphatic rings. The molecule has 0 aliphatic heterocycles. The summed E-state index contributed by atoms with van der Waals surface area (Å²) in [7, 11) is 0. The van der Waals surface area contributed by atoms with Crippen molar-refractivity contribution in [3.8, 4) is 5.75 Å². The van der Waals surface area contributed by atoms with Crippen LogP contribution >= 0.6 is 24.0 Å². The average molecular weight is 549 g/mol. The largest absolute Gasteiger partial charge is 0.491 e. The third-order valence-corrected chi connectivity index (χ3v) is 4.29. The number of rotatable bonds is 14. The van der Waals surface area contributed by atoms with Gasteiger partial charge in [0.2, 0.25) is 0 Å². The molecule has 178 valence electrons. The van der Waals surface area contributed by atoms with Gasteiger partial charge in [-0.25, -0.2) is 0 Å². The molecule has 0 aliphatic carbocycles. The van der Waals surface area contributed by atoms with Gasteiger partial charge in [-0.3, -0.25) is 9.79 Å². The molecule has 8 heteroatoms. The maximum Gasteiger partial charge on any atom is 0.305 e. The smallest absolute Gasteiger partial charge is 0.305 e. The fraction of sp³-hybridized carbons (Fsp3) is 0.652. The molecule has 0 amide bonds. The number of benzene rings is 1. The highest BCUT2D eigenvalue weighted by atomic mass is 127. The van der Waals surface area contributed by atoms with Gasteiger partial charge < -0.3 is 25.2 Å². The molecule has 0 bridgehead atoms. The van der Waals surface area contributed by atoms with Crippen molar-refractivity contribution in [2.75, 3.05) is 26.2 Å². The fourth-order valence-electron chi connectivity index (χ4n) is 2.88. The van der Waals surface area contributed by atoms with Crippen molar-refractivity contribution in [3.05, 3.63) is 29.8 Å². The molecule has 0 aromatic heterocycles. The lowest BCUT2D eigenvalue weighted by Crippen LogP contribution is -2.38. The van der Waals surface area contributed by atoms with Gasteiger partial charge in [0.15, 0.2) is 5.96 Å². The van der Waals surface area contributed by atoms with Crippen LogP contribution in [0.15, 0.2) is 29.3 Å². The monoisotopic (exact) mass is 549 g/mol. The maximum atomic E-state index is 11.3. The van der Waals surface area contributed by atoms with Crippen LogP contribution in [0.1, 0.15) is 71.5 Å². The van der Waals surface area contributed by atoms with Crippen molar-refractivity contribution in [1.82, 2.24) is 10.6 Å². The van der Waals surface area contributed by atoms with E-state index in [9.17, 15) is 9.90 Å². The van der Waals surface area contributed by atoms with Crippen molar-refractivity contribution in [1.29, 1.82) is 0 Å². The Labute approximate surface area is 204 Å². The number of halogens is 1. The van der Waals surface area contributed by atoms with Gasteiger partial charge in [0.25, 0.3) is 0 Å². The number of nitrogens with zero attached hydrogens (tertiary/aromatic N) is 1. The first kappa shape index (κ1) is 29.5. The first-order valence-corrected chi connectivity index (χ1v) is 11.1. The zero-order valence-corrected chi connectivity index (χ0v) is 21.7. The van der Waals surface area contributed by atoms with Crippen LogP contribution < -0.4 is 15.4 Å². The molecule has 0 saturated carbocycles. The number of carbonyl (C=O) groups is 1. The minimum absolute atomic E-state index is 0. The Kier molecular flexibility index (Phi) is 17.2. The summed E-state index contributed by atoms with van der Waals surface area (Å²) in [4.78, 5) is 15.8. The Balaban J connectivity index is 0.00000900. The SMILES string of the molecule is CCNC(=NCC(O)c1cccc(OC(C)C)c1)NCCCCCCC(=O)OCC.I. The molecule has 31 heavy (non-hydrogen) atoms. The van der Waals surface area contributed by atoms with Gasteiger partial charge in [-0.1, -0.05) is 25.0 Å². The summed E-state index contributed by atoms with van der Waals surface area (Å²) in [6.07, 6.45) is 3.78. The second-order valence-electron chi connectivity index (χ2n) is 7.37. The quantitative estimate of drug-likeness (QED) is 0.106. The molecule has 0 radical (unpaired) electrons. The summed E-state index contributed by atoms with van der Waals surface area (Å²) in [6.45, 7) is 10.0. The van der Waals surface area contributed by atoms with Gasteiger partial charge in [-0.2, -0.15) is 0 Å². The van der Waals surface area contributed by atoms with Crippen molar-refractivity contribution in [2.45, 2.75) is 72.0 Å². The number of esters is 1. The lowest BCUT2D eigenvalue weighted by Gasteiger charge is -2.15. The van der Waals surface area contributed by atoms with E-state index in [1.807, 2.05) is 52.0 Å². The van der Waals surface area contributed by atoms with Crippen LogP contribution in [0.3, 0.4) is 0 Å². The Morgan fingerprint density at radius 3 is 2.55 bits per heavy atom. The molecule has 1 atom stereocenters. The molecule has 0 saturated heterocycles. The van der Waals surface area contributed by atoms with E-state index < -0.39 is 6.10 Å². The Morgan fingerprint density at radius 1 is 1.13 bits per heavy atom. The lowest BCUT2D eigenvalue weighted by atomic mass is 10.1. The molecule has 0 fully saturated rings. The molecule has 3 N–H and O–H groups in total. The summed E-state index contributed by atoms with van der Waals surface area (Å²) < 4.78 is 10.6. The fourth-order valence-corrected chi connectivity index (χ4v) is 2.88. The minimum atomic E-state index is -0.695. The zero-order valence-electron chi connectivity index (χ0n) is 19.4. The number of aliphatic imine (C=N–C) groups is 1. The Bertz CT molecular complexity index is 641. The molecule has 7 nitrogen and oxygen atoms in total. The van der Waals surface area contributed by atoms with Gasteiger partial charge >= 0.3 is 5.97 Å². The summed E-state index contributed by atoms with van der Waals surface area (Å²) in [5.41, 5.74) is 0.786. The number of unbranched alkanes of at least 4 members (excludes halogenated alkanes) is 3. The first-order chi connectivity index (χ1) is 14.5. The summed E-state index contributed by atoms with van der Waals surface area (Å²) >= 11 is 0. The average Bonchev–Trinajstić information content (AvgIpc) is 2.70. The maximum absolute atomic E-state index is 11.3. The van der Waals surface area contributed by atoms with E-state index in [4.69, 9.17) is 9.47 Å². The van der Waals surface area contributed by atoms with Gasteiger partial charge in [-0.15, -0.1) is 24.0 Å². The van der Waals surface area contributed by atoms with Gasteiger partial charge in [0.1, 0.15) is 5.75 Å². The molecule has 0 spiro atoms. The van der Waals surface area contributed by atoms with Crippen LogP contribution in [-0.4, -0.2) is 49.4 Å². The van der Waals surface area contributed by atoms with Crippen LogP contribution in [0.2, 0.25) is 0 Å². The molecule has 1 rings (SSSR count). The minimum Gasteiger partial charge on any atom is -0.491 e. The summed E-state index contributed by atoms with van der Waals surface area (Å²) in [5, 5.41) is 17.0. The van der Waals surface area contributed by atoms with E-state index in [1.165, 1.54) is 0 Å². The highest BCUT2D eigenvalue weighted by molar-refractivity contribution is 14.0. The van der Waals surface area contributed by atoms with Gasteiger partial charge in [-0.05, 0) is 58.2 Å². The predicted octanol–water partition coefficient (Wildman–Crippen LogP) is 4.19. The highest BCUT2D eigenvalue weighted by Gasteiger charge is 2.09. The number of guanidine groups is 1. The van der Waals surface area contributed by atoms with Crippen molar-refractivity contribution < 1.29 is 19.4 Å². The van der Waals surface area contributed by atoms with Crippen LogP contribution in [0, 0.1) is 0 Å². The van der Waals surface area contributed by atoms with Crippen molar-refractivity contribution >= 4 is 35.9 Å². The molecule has 1 unspecified atom stereocenters. The van der Waals surface area contributed by atoms with E-state index in [2.05, 4.69) is 15.6 Å². The molecule has 0 heterocycles. The van der Waals surface area contributed by atoms with Crippen LogP contribution in [0.5, 0.6) is 5.75 Å². The number of hydrogen-bond donors (Lipinski definition) is 3. The van der Waals surface area contributed by atoms with Crippen LogP contribution in [0.4, 0.5) is 0 Å².